The molecular formula is C26H39ClF2N4O5. The van der Waals surface area contributed by atoms with Crippen LogP contribution >= 0.6 is 11.6 Å². The van der Waals surface area contributed by atoms with Crippen molar-refractivity contribution in [1.82, 2.24) is 20.9 Å². The van der Waals surface area contributed by atoms with Gasteiger partial charge in [-0.3, -0.25) is 0 Å². The number of benzene rings is 1. The van der Waals surface area contributed by atoms with Crippen molar-refractivity contribution < 1.29 is 32.6 Å². The van der Waals surface area contributed by atoms with Gasteiger partial charge >= 0.3 is 12.1 Å². The van der Waals surface area contributed by atoms with Gasteiger partial charge in [0.25, 0.3) is 0 Å². The summed E-state index contributed by atoms with van der Waals surface area (Å²) in [6.07, 6.45) is 2.80. The number of carbonyl (C=O) groups is 2. The predicted molar refractivity (Wildman–Crippen MR) is 139 cm³/mol. The van der Waals surface area contributed by atoms with Gasteiger partial charge in [-0.1, -0.05) is 17.7 Å². The molecule has 0 saturated carbocycles. The number of amides is 3. The van der Waals surface area contributed by atoms with Crippen molar-refractivity contribution in [2.45, 2.75) is 44.2 Å². The van der Waals surface area contributed by atoms with E-state index in [1.165, 1.54) is 13.2 Å². The van der Waals surface area contributed by atoms with Gasteiger partial charge in [0.2, 0.25) is 0 Å². The van der Waals surface area contributed by atoms with Gasteiger partial charge in [0.05, 0.1) is 19.8 Å². The Morgan fingerprint density at radius 1 is 1.24 bits per heavy atom. The molecular weight excluding hydrogens is 522 g/mol. The zero-order chi connectivity index (χ0) is 27.5. The molecule has 1 aromatic carbocycles. The number of alkyl carbamates (subject to hydrolysis) is 1. The van der Waals surface area contributed by atoms with E-state index in [0.717, 1.165) is 38.5 Å². The van der Waals surface area contributed by atoms with Crippen LogP contribution in [0.4, 0.5) is 18.4 Å². The second kappa shape index (κ2) is 15.4. The number of hydrogen-bond acceptors (Lipinski definition) is 6. The molecule has 0 spiro atoms. The maximum absolute atomic E-state index is 15.0. The maximum atomic E-state index is 15.0. The van der Waals surface area contributed by atoms with Gasteiger partial charge in [-0.2, -0.15) is 0 Å². The minimum atomic E-state index is -0.885. The number of methoxy groups -OCH3 is 1. The smallest absolute Gasteiger partial charge is 0.406 e. The summed E-state index contributed by atoms with van der Waals surface area (Å²) in [5.41, 5.74) is 0.120. The normalized spacial score (nSPS) is 20.0. The first-order valence-electron chi connectivity index (χ1n) is 13.2. The molecule has 3 rings (SSSR count). The highest BCUT2D eigenvalue weighted by atomic mass is 35.5. The number of urea groups is 1. The number of likely N-dealkylation sites (N-methyl/N-ethyl adjacent to an activating group) is 1. The summed E-state index contributed by atoms with van der Waals surface area (Å²) in [6.45, 7) is 3.24. The van der Waals surface area contributed by atoms with E-state index in [1.54, 1.807) is 4.90 Å². The zero-order valence-electron chi connectivity index (χ0n) is 22.1. The maximum Gasteiger partial charge on any atom is 0.406 e. The molecule has 2 aliphatic rings. The highest BCUT2D eigenvalue weighted by Gasteiger charge is 2.34. The molecule has 3 N–H and O–H groups in total. The monoisotopic (exact) mass is 560 g/mol. The van der Waals surface area contributed by atoms with Crippen molar-refractivity contribution >= 4 is 23.7 Å². The first-order chi connectivity index (χ1) is 18.3. The Hall–Kier alpha value is -2.21. The van der Waals surface area contributed by atoms with E-state index < -0.39 is 28.9 Å². The van der Waals surface area contributed by atoms with Gasteiger partial charge in [-0.15, -0.1) is 0 Å². The van der Waals surface area contributed by atoms with Crippen LogP contribution in [0.2, 0.25) is 5.02 Å². The van der Waals surface area contributed by atoms with Gasteiger partial charge in [-0.05, 0) is 51.1 Å². The molecule has 2 fully saturated rings. The van der Waals surface area contributed by atoms with Crippen molar-refractivity contribution in [3.63, 3.8) is 0 Å². The van der Waals surface area contributed by atoms with Crippen molar-refractivity contribution in [3.05, 3.63) is 34.4 Å². The number of halogens is 3. The quantitative estimate of drug-likeness (QED) is 0.281. The fourth-order valence-corrected chi connectivity index (χ4v) is 5.36. The van der Waals surface area contributed by atoms with E-state index in [2.05, 4.69) is 20.7 Å². The summed E-state index contributed by atoms with van der Waals surface area (Å²) in [4.78, 5) is 26.4. The second-order valence-electron chi connectivity index (χ2n) is 9.82. The Balaban J connectivity index is 1.69. The third-order valence-corrected chi connectivity index (χ3v) is 7.48. The van der Waals surface area contributed by atoms with E-state index >= 15 is 4.39 Å². The average molecular weight is 561 g/mol. The van der Waals surface area contributed by atoms with Crippen molar-refractivity contribution in [2.75, 3.05) is 60.2 Å². The third kappa shape index (κ3) is 8.65. The molecule has 214 valence electrons. The zero-order valence-corrected chi connectivity index (χ0v) is 22.8. The van der Waals surface area contributed by atoms with E-state index in [-0.39, 0.29) is 36.7 Å². The summed E-state index contributed by atoms with van der Waals surface area (Å²) < 4.78 is 44.9. The lowest BCUT2D eigenvalue weighted by molar-refractivity contribution is -0.0107. The third-order valence-electron chi connectivity index (χ3n) is 7.14. The largest absolute Gasteiger partial charge is 0.453 e. The first-order valence-corrected chi connectivity index (χ1v) is 13.6. The fourth-order valence-electron chi connectivity index (χ4n) is 5.18. The highest BCUT2D eigenvalue weighted by molar-refractivity contribution is 6.30. The molecule has 38 heavy (non-hydrogen) atoms. The Kier molecular flexibility index (Phi) is 12.3. The lowest BCUT2D eigenvalue weighted by Crippen LogP contribution is -2.52. The molecule has 2 saturated heterocycles. The van der Waals surface area contributed by atoms with Gasteiger partial charge in [-0.25, -0.2) is 18.4 Å². The average Bonchev–Trinajstić information content (AvgIpc) is 2.93. The van der Waals surface area contributed by atoms with Crippen molar-refractivity contribution in [2.24, 2.45) is 11.8 Å². The van der Waals surface area contributed by atoms with Crippen LogP contribution in [0.15, 0.2) is 12.1 Å². The fraction of sp³-hybridized carbons (Fsp3) is 0.692. The Morgan fingerprint density at radius 2 is 2.00 bits per heavy atom. The molecule has 1 unspecified atom stereocenters. The van der Waals surface area contributed by atoms with Crippen LogP contribution in [0.5, 0.6) is 0 Å². The molecule has 2 aliphatic heterocycles. The number of hydrogen-bond donors (Lipinski definition) is 3. The predicted octanol–water partition coefficient (Wildman–Crippen LogP) is 3.86. The number of nitrogens with one attached hydrogen (secondary N) is 3. The lowest BCUT2D eigenvalue weighted by atomic mass is 9.88. The second-order valence-corrected chi connectivity index (χ2v) is 10.2. The van der Waals surface area contributed by atoms with Gasteiger partial charge in [0.1, 0.15) is 10.8 Å². The number of carbonyl (C=O) groups excluding carboxylic acids is 2. The summed E-state index contributed by atoms with van der Waals surface area (Å²) in [6, 6.07) is 2.23. The van der Waals surface area contributed by atoms with Crippen molar-refractivity contribution in [3.8, 4) is 0 Å². The standard InChI is InChI=1S/C26H39ClF2N4O5/c1-30-15-19(14-17-7-11-37-12-8-17)32-25(34)33-10-3-4-18(16-33)24(38-13-9-31-26(35)36-2)20-5-6-21(28)22(27)23(20)29/h5-6,17-19,24,30H,3-4,7-16H2,1-2H3,(H,31,35)(H,32,34)/t18-,19+,24?/m1/s1. The van der Waals surface area contributed by atoms with Gasteiger partial charge < -0.3 is 35.1 Å². The highest BCUT2D eigenvalue weighted by Crippen LogP contribution is 2.36. The Bertz CT molecular complexity index is 922. The summed E-state index contributed by atoms with van der Waals surface area (Å²) in [7, 11) is 3.11. The number of nitrogens with zero attached hydrogens (tertiary/aromatic N) is 1. The van der Waals surface area contributed by atoms with E-state index in [9.17, 15) is 14.0 Å². The molecule has 12 heteroatoms. The van der Waals surface area contributed by atoms with Crippen LogP contribution in [-0.4, -0.2) is 83.2 Å². The minimum Gasteiger partial charge on any atom is -0.453 e. The van der Waals surface area contributed by atoms with E-state index in [4.69, 9.17) is 21.1 Å². The summed E-state index contributed by atoms with van der Waals surface area (Å²) in [5.74, 6) is -1.51. The van der Waals surface area contributed by atoms with E-state index in [1.807, 2.05) is 7.05 Å². The molecule has 9 nitrogen and oxygen atoms in total. The Labute approximate surface area is 227 Å². The van der Waals surface area contributed by atoms with Crippen LogP contribution in [0.3, 0.4) is 0 Å². The summed E-state index contributed by atoms with van der Waals surface area (Å²) >= 11 is 5.87. The molecule has 3 atom stereocenters. The minimum absolute atomic E-state index is 0.0271. The SMILES string of the molecule is CNC[C@H](CC1CCOCC1)NC(=O)N1CCC[C@@H](C(OCCNC(=O)OC)c2ccc(F)c(Cl)c2F)C1. The van der Waals surface area contributed by atoms with Gasteiger partial charge in [0.15, 0.2) is 5.82 Å². The van der Waals surface area contributed by atoms with Gasteiger partial charge in [0, 0.05) is 56.9 Å². The topological polar surface area (TPSA) is 101 Å². The number of rotatable bonds is 11. The summed E-state index contributed by atoms with van der Waals surface area (Å²) in [5, 5.41) is 8.25. The molecule has 1 aromatic rings. The first kappa shape index (κ1) is 30.3. The van der Waals surface area contributed by atoms with Crippen LogP contribution in [0.25, 0.3) is 0 Å². The molecule has 0 aromatic heterocycles. The van der Waals surface area contributed by atoms with Crippen LogP contribution in [0, 0.1) is 23.5 Å². The number of likely N-dealkylation sites (tertiary alicyclic amines) is 1. The molecule has 2 heterocycles. The molecule has 3 amide bonds. The number of piperidine rings is 1. The lowest BCUT2D eigenvalue weighted by Gasteiger charge is -2.38. The molecule has 0 radical (unpaired) electrons. The molecule has 0 bridgehead atoms. The van der Waals surface area contributed by atoms with Crippen LogP contribution in [0.1, 0.15) is 43.8 Å². The van der Waals surface area contributed by atoms with Crippen LogP contribution in [-0.2, 0) is 14.2 Å². The molecule has 0 aliphatic carbocycles. The Morgan fingerprint density at radius 3 is 2.71 bits per heavy atom. The van der Waals surface area contributed by atoms with E-state index in [0.29, 0.717) is 38.4 Å². The van der Waals surface area contributed by atoms with Crippen molar-refractivity contribution in [1.29, 1.82) is 0 Å². The van der Waals surface area contributed by atoms with Crippen LogP contribution < -0.4 is 16.0 Å². The number of ether oxygens (including phenoxy) is 3.